The second-order valence-corrected chi connectivity index (χ2v) is 5.25. The molecule has 1 unspecified atom stereocenters. The Kier molecular flexibility index (Phi) is 3.74. The Labute approximate surface area is 120 Å². The van der Waals surface area contributed by atoms with Crippen LogP contribution in [0.25, 0.3) is 5.69 Å². The molecule has 0 bridgehead atoms. The van der Waals surface area contributed by atoms with Crippen molar-refractivity contribution in [1.29, 1.82) is 5.26 Å². The van der Waals surface area contributed by atoms with Gasteiger partial charge in [0, 0.05) is 5.56 Å². The topological polar surface area (TPSA) is 61.8 Å². The van der Waals surface area contributed by atoms with Crippen molar-refractivity contribution in [2.24, 2.45) is 0 Å². The van der Waals surface area contributed by atoms with Crippen LogP contribution >= 0.6 is 15.9 Å². The van der Waals surface area contributed by atoms with Gasteiger partial charge in [0.1, 0.15) is 0 Å². The standard InChI is InChI=1S/C14H14BrN3O/c1-8-14(15)9(2)18(17-8)13-6-11(7-16)4-5-12(13)10(3)19/h4-6,10,19H,1-3H3. The van der Waals surface area contributed by atoms with Gasteiger partial charge in [0.25, 0.3) is 0 Å². The van der Waals surface area contributed by atoms with Crippen LogP contribution in [0.3, 0.4) is 0 Å². The predicted molar refractivity (Wildman–Crippen MR) is 76.1 cm³/mol. The summed E-state index contributed by atoms with van der Waals surface area (Å²) in [5, 5.41) is 23.3. The molecule has 1 heterocycles. The number of aromatic nitrogens is 2. The van der Waals surface area contributed by atoms with Crippen LogP contribution in [-0.2, 0) is 0 Å². The van der Waals surface area contributed by atoms with E-state index in [1.807, 2.05) is 13.8 Å². The number of aliphatic hydroxyl groups excluding tert-OH is 1. The Bertz CT molecular complexity index is 668. The first-order chi connectivity index (χ1) is 8.95. The van der Waals surface area contributed by atoms with E-state index in [2.05, 4.69) is 27.1 Å². The van der Waals surface area contributed by atoms with Crippen LogP contribution in [0.4, 0.5) is 0 Å². The van der Waals surface area contributed by atoms with Gasteiger partial charge in [-0.15, -0.1) is 0 Å². The maximum Gasteiger partial charge on any atom is 0.0992 e. The van der Waals surface area contributed by atoms with Gasteiger partial charge in [0.05, 0.1) is 39.3 Å². The number of rotatable bonds is 2. The zero-order valence-corrected chi connectivity index (χ0v) is 12.6. The molecule has 2 rings (SSSR count). The Morgan fingerprint density at radius 2 is 2.11 bits per heavy atom. The summed E-state index contributed by atoms with van der Waals surface area (Å²) in [6.07, 6.45) is -0.620. The molecule has 0 radical (unpaired) electrons. The van der Waals surface area contributed by atoms with Crippen LogP contribution in [0.15, 0.2) is 22.7 Å². The lowest BCUT2D eigenvalue weighted by Gasteiger charge is -2.13. The number of halogens is 1. The van der Waals surface area contributed by atoms with E-state index in [1.54, 1.807) is 29.8 Å². The van der Waals surface area contributed by atoms with Gasteiger partial charge in [-0.3, -0.25) is 0 Å². The highest BCUT2D eigenvalue weighted by molar-refractivity contribution is 9.10. The van der Waals surface area contributed by atoms with Crippen molar-refractivity contribution in [3.05, 3.63) is 45.2 Å². The van der Waals surface area contributed by atoms with E-state index < -0.39 is 6.10 Å². The molecule has 0 aliphatic carbocycles. The van der Waals surface area contributed by atoms with E-state index in [4.69, 9.17) is 5.26 Å². The number of aliphatic hydroxyl groups is 1. The lowest BCUT2D eigenvalue weighted by Crippen LogP contribution is -2.06. The number of benzene rings is 1. The molecule has 19 heavy (non-hydrogen) atoms. The molecule has 4 nitrogen and oxygen atoms in total. The van der Waals surface area contributed by atoms with Crippen LogP contribution < -0.4 is 0 Å². The average molecular weight is 320 g/mol. The molecule has 5 heteroatoms. The van der Waals surface area contributed by atoms with Gasteiger partial charge in [-0.2, -0.15) is 10.4 Å². The largest absolute Gasteiger partial charge is 0.389 e. The van der Waals surface area contributed by atoms with Gasteiger partial charge >= 0.3 is 0 Å². The Morgan fingerprint density at radius 1 is 1.42 bits per heavy atom. The minimum atomic E-state index is -0.620. The third kappa shape index (κ3) is 2.42. The van der Waals surface area contributed by atoms with Crippen LogP contribution in [-0.4, -0.2) is 14.9 Å². The Balaban J connectivity index is 2.72. The molecule has 0 spiro atoms. The van der Waals surface area contributed by atoms with Gasteiger partial charge < -0.3 is 5.11 Å². The molecule has 0 saturated heterocycles. The fourth-order valence-electron chi connectivity index (χ4n) is 2.01. The third-order valence-electron chi connectivity index (χ3n) is 3.04. The van der Waals surface area contributed by atoms with Crippen LogP contribution in [0.2, 0.25) is 0 Å². The summed E-state index contributed by atoms with van der Waals surface area (Å²) in [5.74, 6) is 0. The van der Waals surface area contributed by atoms with Crippen molar-refractivity contribution in [1.82, 2.24) is 9.78 Å². The lowest BCUT2D eigenvalue weighted by molar-refractivity contribution is 0.199. The maximum atomic E-state index is 9.86. The molecule has 2 aromatic rings. The summed E-state index contributed by atoms with van der Waals surface area (Å²) >= 11 is 3.48. The van der Waals surface area contributed by atoms with Gasteiger partial charge in [-0.25, -0.2) is 4.68 Å². The van der Waals surface area contributed by atoms with Gasteiger partial charge in [-0.05, 0) is 48.8 Å². The molecule has 98 valence electrons. The fraction of sp³-hybridized carbons (Fsp3) is 0.286. The molecule has 0 amide bonds. The predicted octanol–water partition coefficient (Wildman–Crippen LogP) is 3.18. The highest BCUT2D eigenvalue weighted by Crippen LogP contribution is 2.28. The molecule has 0 saturated carbocycles. The molecule has 0 aliphatic heterocycles. The van der Waals surface area contributed by atoms with Gasteiger partial charge in [-0.1, -0.05) is 6.07 Å². The van der Waals surface area contributed by atoms with E-state index in [9.17, 15) is 5.11 Å². The quantitative estimate of drug-likeness (QED) is 0.924. The first-order valence-electron chi connectivity index (χ1n) is 5.90. The average Bonchev–Trinajstić information content (AvgIpc) is 2.65. The van der Waals surface area contributed by atoms with Crippen molar-refractivity contribution in [3.63, 3.8) is 0 Å². The van der Waals surface area contributed by atoms with Gasteiger partial charge in [0.2, 0.25) is 0 Å². The minimum absolute atomic E-state index is 0.545. The number of hydrogen-bond acceptors (Lipinski definition) is 3. The van der Waals surface area contributed by atoms with E-state index in [0.717, 1.165) is 27.1 Å². The zero-order valence-electron chi connectivity index (χ0n) is 11.0. The number of nitrogens with zero attached hydrogens (tertiary/aromatic N) is 3. The summed E-state index contributed by atoms with van der Waals surface area (Å²) in [7, 11) is 0. The minimum Gasteiger partial charge on any atom is -0.389 e. The number of nitriles is 1. The Morgan fingerprint density at radius 3 is 2.58 bits per heavy atom. The smallest absolute Gasteiger partial charge is 0.0992 e. The molecule has 1 aromatic heterocycles. The lowest BCUT2D eigenvalue weighted by atomic mass is 10.1. The van der Waals surface area contributed by atoms with E-state index in [-0.39, 0.29) is 0 Å². The first-order valence-corrected chi connectivity index (χ1v) is 6.69. The molecule has 0 aliphatic rings. The second-order valence-electron chi connectivity index (χ2n) is 4.46. The monoisotopic (exact) mass is 319 g/mol. The molecule has 1 aromatic carbocycles. The van der Waals surface area contributed by atoms with Gasteiger partial charge in [0.15, 0.2) is 0 Å². The zero-order chi connectivity index (χ0) is 14.2. The van der Waals surface area contributed by atoms with Crippen molar-refractivity contribution in [2.45, 2.75) is 26.9 Å². The molecule has 1 N–H and O–H groups in total. The Hall–Kier alpha value is -1.64. The first kappa shape index (κ1) is 13.8. The third-order valence-corrected chi connectivity index (χ3v) is 4.19. The van der Waals surface area contributed by atoms with Crippen molar-refractivity contribution in [2.75, 3.05) is 0 Å². The highest BCUT2D eigenvalue weighted by Gasteiger charge is 2.16. The van der Waals surface area contributed by atoms with Crippen LogP contribution in [0.5, 0.6) is 0 Å². The van der Waals surface area contributed by atoms with Crippen LogP contribution in [0, 0.1) is 25.2 Å². The summed E-state index contributed by atoms with van der Waals surface area (Å²) in [6, 6.07) is 7.32. The molecule has 1 atom stereocenters. The summed E-state index contributed by atoms with van der Waals surface area (Å²) in [5.41, 5.74) is 3.84. The summed E-state index contributed by atoms with van der Waals surface area (Å²) in [4.78, 5) is 0. The SMILES string of the molecule is Cc1nn(-c2cc(C#N)ccc2C(C)O)c(C)c1Br. The van der Waals surface area contributed by atoms with E-state index in [1.165, 1.54) is 0 Å². The van der Waals surface area contributed by atoms with E-state index in [0.29, 0.717) is 5.56 Å². The molecule has 0 fully saturated rings. The van der Waals surface area contributed by atoms with E-state index >= 15 is 0 Å². The summed E-state index contributed by atoms with van der Waals surface area (Å²) in [6.45, 7) is 5.55. The maximum absolute atomic E-state index is 9.86. The van der Waals surface area contributed by atoms with Crippen molar-refractivity contribution in [3.8, 4) is 11.8 Å². The van der Waals surface area contributed by atoms with Crippen molar-refractivity contribution >= 4 is 15.9 Å². The number of aryl methyl sites for hydroxylation is 1. The molecular weight excluding hydrogens is 306 g/mol. The second kappa shape index (κ2) is 5.16. The fourth-order valence-corrected chi connectivity index (χ4v) is 2.26. The van der Waals surface area contributed by atoms with Crippen LogP contribution in [0.1, 0.15) is 35.5 Å². The molecular formula is C14H14BrN3O. The summed E-state index contributed by atoms with van der Waals surface area (Å²) < 4.78 is 2.69. The number of hydrogen-bond donors (Lipinski definition) is 1. The highest BCUT2D eigenvalue weighted by atomic mass is 79.9. The normalized spacial score (nSPS) is 12.2. The van der Waals surface area contributed by atoms with Crippen molar-refractivity contribution < 1.29 is 5.11 Å².